The van der Waals surface area contributed by atoms with Crippen LogP contribution in [0.4, 0.5) is 4.79 Å². The van der Waals surface area contributed by atoms with Crippen molar-refractivity contribution in [3.63, 3.8) is 0 Å². The van der Waals surface area contributed by atoms with Crippen LogP contribution < -0.4 is 4.74 Å². The molecule has 156 valence electrons. The summed E-state index contributed by atoms with van der Waals surface area (Å²) in [5, 5.41) is 12.6. The van der Waals surface area contributed by atoms with Gasteiger partial charge in [0.15, 0.2) is 0 Å². The number of aromatic nitrogens is 1. The molecule has 0 radical (unpaired) electrons. The predicted octanol–water partition coefficient (Wildman–Crippen LogP) is 4.38. The Morgan fingerprint density at radius 3 is 2.48 bits per heavy atom. The maximum Gasteiger partial charge on any atom is 0.410 e. The Morgan fingerprint density at radius 2 is 1.86 bits per heavy atom. The van der Waals surface area contributed by atoms with Crippen molar-refractivity contribution in [2.45, 2.75) is 76.2 Å². The van der Waals surface area contributed by atoms with Crippen LogP contribution >= 0.6 is 0 Å². The number of hydrogen-bond donors (Lipinski definition) is 1. The van der Waals surface area contributed by atoms with E-state index < -0.39 is 11.2 Å². The van der Waals surface area contributed by atoms with E-state index in [1.54, 1.807) is 7.11 Å². The molecule has 0 spiro atoms. The van der Waals surface area contributed by atoms with Gasteiger partial charge in [0.25, 0.3) is 0 Å². The highest BCUT2D eigenvalue weighted by Gasteiger charge is 2.49. The molecule has 0 aliphatic carbocycles. The fourth-order valence-electron chi connectivity index (χ4n) is 4.79. The Bertz CT molecular complexity index is 907. The minimum absolute atomic E-state index is 0.00737. The second-order valence-electron chi connectivity index (χ2n) is 9.33. The molecule has 6 nitrogen and oxygen atoms in total. The Balaban J connectivity index is 1.61. The van der Waals surface area contributed by atoms with Crippen molar-refractivity contribution < 1.29 is 19.4 Å². The van der Waals surface area contributed by atoms with Crippen molar-refractivity contribution in [1.29, 1.82) is 0 Å². The number of nitrogens with zero attached hydrogens (tertiary/aromatic N) is 2. The summed E-state index contributed by atoms with van der Waals surface area (Å²) in [6.45, 7) is 5.66. The van der Waals surface area contributed by atoms with Gasteiger partial charge in [-0.25, -0.2) is 9.78 Å². The molecule has 2 fully saturated rings. The van der Waals surface area contributed by atoms with E-state index in [-0.39, 0.29) is 18.2 Å². The molecule has 0 saturated carbocycles. The number of methoxy groups -OCH3 is 1. The molecule has 3 heterocycles. The lowest BCUT2D eigenvalue weighted by atomic mass is 9.72. The SMILES string of the molecule is COc1ccc2cc(C3(O)CC4CCCC(C3)N4C(=O)OC(C)(C)C)ccc2n1. The van der Waals surface area contributed by atoms with Crippen molar-refractivity contribution in [2.75, 3.05) is 7.11 Å². The van der Waals surface area contributed by atoms with Crippen molar-refractivity contribution in [3.8, 4) is 5.88 Å². The summed E-state index contributed by atoms with van der Waals surface area (Å²) >= 11 is 0. The van der Waals surface area contributed by atoms with Gasteiger partial charge in [0, 0.05) is 36.4 Å². The highest BCUT2D eigenvalue weighted by Crippen LogP contribution is 2.45. The maximum absolute atomic E-state index is 12.8. The number of ether oxygens (including phenoxy) is 2. The lowest BCUT2D eigenvalue weighted by Gasteiger charge is -2.51. The number of piperidine rings is 2. The quantitative estimate of drug-likeness (QED) is 0.813. The molecule has 2 bridgehead atoms. The Hall–Kier alpha value is -2.34. The normalized spacial score (nSPS) is 27.0. The minimum Gasteiger partial charge on any atom is -0.481 e. The maximum atomic E-state index is 12.8. The molecule has 6 heteroatoms. The van der Waals surface area contributed by atoms with Crippen LogP contribution in [0.3, 0.4) is 0 Å². The molecular weight excluding hydrogens is 368 g/mol. The van der Waals surface area contributed by atoms with E-state index in [1.165, 1.54) is 0 Å². The number of pyridine rings is 1. The minimum atomic E-state index is -0.956. The van der Waals surface area contributed by atoms with E-state index in [1.807, 2.05) is 56.0 Å². The average molecular weight is 399 g/mol. The van der Waals surface area contributed by atoms with Crippen LogP contribution in [0.5, 0.6) is 5.88 Å². The third-order valence-electron chi connectivity index (χ3n) is 6.02. The van der Waals surface area contributed by atoms with E-state index in [2.05, 4.69) is 4.98 Å². The molecule has 1 N–H and O–H groups in total. The number of amides is 1. The van der Waals surface area contributed by atoms with Crippen molar-refractivity contribution in [2.24, 2.45) is 0 Å². The first-order chi connectivity index (χ1) is 13.7. The van der Waals surface area contributed by atoms with E-state index in [0.717, 1.165) is 35.7 Å². The number of carbonyl (C=O) groups is 1. The monoisotopic (exact) mass is 398 g/mol. The second-order valence-corrected chi connectivity index (χ2v) is 9.33. The van der Waals surface area contributed by atoms with Crippen molar-refractivity contribution >= 4 is 17.0 Å². The molecule has 4 rings (SSSR count). The van der Waals surface area contributed by atoms with Crippen LogP contribution in [0.2, 0.25) is 0 Å². The van der Waals surface area contributed by atoms with Crippen LogP contribution in [0.1, 0.15) is 58.4 Å². The Labute approximate surface area is 171 Å². The first-order valence-electron chi connectivity index (χ1n) is 10.4. The second kappa shape index (κ2) is 7.17. The number of rotatable bonds is 2. The summed E-state index contributed by atoms with van der Waals surface area (Å²) in [5.74, 6) is 0.573. The topological polar surface area (TPSA) is 71.9 Å². The molecule has 29 heavy (non-hydrogen) atoms. The van der Waals surface area contributed by atoms with Crippen molar-refractivity contribution in [1.82, 2.24) is 9.88 Å². The summed E-state index contributed by atoms with van der Waals surface area (Å²) in [5.41, 5.74) is 0.245. The van der Waals surface area contributed by atoms with Crippen LogP contribution in [0.25, 0.3) is 10.9 Å². The third kappa shape index (κ3) is 3.90. The smallest absolute Gasteiger partial charge is 0.410 e. The lowest BCUT2D eigenvalue weighted by Crippen LogP contribution is -2.59. The van der Waals surface area contributed by atoms with Gasteiger partial charge in [-0.3, -0.25) is 0 Å². The summed E-state index contributed by atoms with van der Waals surface area (Å²) in [7, 11) is 1.60. The number of benzene rings is 1. The van der Waals surface area contributed by atoms with Gasteiger partial charge in [-0.1, -0.05) is 6.07 Å². The van der Waals surface area contributed by atoms with E-state index >= 15 is 0 Å². The molecule has 2 saturated heterocycles. The molecule has 2 atom stereocenters. The summed E-state index contributed by atoms with van der Waals surface area (Å²) < 4.78 is 10.8. The first-order valence-corrected chi connectivity index (χ1v) is 10.4. The molecule has 1 aromatic carbocycles. The standard InChI is InChI=1S/C23H30N2O4/c1-22(2,3)29-21(26)25-17-6-5-7-18(25)14-23(27,13-17)16-9-10-19-15(12-16)8-11-20(24-19)28-4/h8-12,17-18,27H,5-7,13-14H2,1-4H3. The van der Waals surface area contributed by atoms with Gasteiger partial charge in [0.1, 0.15) is 5.60 Å². The van der Waals surface area contributed by atoms with Gasteiger partial charge in [0.05, 0.1) is 18.2 Å². The summed E-state index contributed by atoms with van der Waals surface area (Å²) in [6.07, 6.45) is 3.65. The van der Waals surface area contributed by atoms with Crippen LogP contribution in [-0.4, -0.2) is 45.9 Å². The van der Waals surface area contributed by atoms with Crippen molar-refractivity contribution in [3.05, 3.63) is 35.9 Å². The number of carbonyl (C=O) groups excluding carboxylic acids is 1. The molecule has 1 amide bonds. The van der Waals surface area contributed by atoms with E-state index in [0.29, 0.717) is 18.7 Å². The lowest BCUT2D eigenvalue weighted by molar-refractivity contribution is -0.0964. The molecule has 1 aromatic heterocycles. The zero-order chi connectivity index (χ0) is 20.8. The third-order valence-corrected chi connectivity index (χ3v) is 6.02. The first kappa shape index (κ1) is 20.0. The molecular formula is C23H30N2O4. The fraction of sp³-hybridized carbons (Fsp3) is 0.565. The molecule has 2 unspecified atom stereocenters. The van der Waals surface area contributed by atoms with E-state index in [9.17, 15) is 9.90 Å². The number of fused-ring (bicyclic) bond motifs is 3. The van der Waals surface area contributed by atoms with Gasteiger partial charge in [-0.15, -0.1) is 0 Å². The van der Waals surface area contributed by atoms with Gasteiger partial charge in [-0.2, -0.15) is 0 Å². The van der Waals surface area contributed by atoms with Gasteiger partial charge in [0.2, 0.25) is 5.88 Å². The fourth-order valence-corrected chi connectivity index (χ4v) is 4.79. The van der Waals surface area contributed by atoms with Crippen LogP contribution in [0, 0.1) is 0 Å². The molecule has 2 aliphatic rings. The van der Waals surface area contributed by atoms with Gasteiger partial charge >= 0.3 is 6.09 Å². The predicted molar refractivity (Wildman–Crippen MR) is 111 cm³/mol. The summed E-state index contributed by atoms with van der Waals surface area (Å²) in [4.78, 5) is 19.2. The molecule has 2 aromatic rings. The largest absolute Gasteiger partial charge is 0.481 e. The highest BCUT2D eigenvalue weighted by molar-refractivity contribution is 5.80. The highest BCUT2D eigenvalue weighted by atomic mass is 16.6. The molecule has 2 aliphatic heterocycles. The Morgan fingerprint density at radius 1 is 1.17 bits per heavy atom. The van der Waals surface area contributed by atoms with Crippen LogP contribution in [-0.2, 0) is 10.3 Å². The summed E-state index contributed by atoms with van der Waals surface area (Å²) in [6, 6.07) is 9.68. The van der Waals surface area contributed by atoms with Gasteiger partial charge in [-0.05, 0) is 63.8 Å². The zero-order valence-electron chi connectivity index (χ0n) is 17.6. The van der Waals surface area contributed by atoms with Crippen LogP contribution in [0.15, 0.2) is 30.3 Å². The van der Waals surface area contributed by atoms with E-state index in [4.69, 9.17) is 9.47 Å². The number of aliphatic hydroxyl groups is 1. The van der Waals surface area contributed by atoms with Gasteiger partial charge < -0.3 is 19.5 Å². The zero-order valence-corrected chi connectivity index (χ0v) is 17.6. The number of hydrogen-bond acceptors (Lipinski definition) is 5. The average Bonchev–Trinajstić information content (AvgIpc) is 2.65. The Kier molecular flexibility index (Phi) is 4.93.